The first-order valence-corrected chi connectivity index (χ1v) is 14.8. The van der Waals surface area contributed by atoms with E-state index in [0.29, 0.717) is 22.2 Å². The molecule has 0 saturated carbocycles. The molecule has 0 fully saturated rings. The maximum atomic E-state index is 9.66. The Labute approximate surface area is 275 Å². The number of nitrogens with zero attached hydrogens (tertiary/aromatic N) is 1. The maximum Gasteiger partial charge on any atom is 0.0651 e. The number of hydrogen-bond acceptors (Lipinski definition) is 1. The van der Waals surface area contributed by atoms with Crippen LogP contribution in [0.1, 0.15) is 11.0 Å². The Balaban J connectivity index is 1.42. The molecule has 8 aromatic rings. The van der Waals surface area contributed by atoms with E-state index in [0.717, 1.165) is 27.3 Å². The zero-order chi connectivity index (χ0) is 37.0. The Morgan fingerprint density at radius 2 is 1.02 bits per heavy atom. The number of fused-ring (bicyclic) bond motifs is 2. The second-order valence-corrected chi connectivity index (χ2v) is 10.8. The van der Waals surface area contributed by atoms with Crippen LogP contribution in [-0.4, -0.2) is 0 Å². The average Bonchev–Trinajstić information content (AvgIpc) is 3.19. The molecule has 0 bridgehead atoms. The molecule has 0 heterocycles. The molecule has 1 heteroatoms. The minimum atomic E-state index is -0.436. The van der Waals surface area contributed by atoms with Crippen molar-refractivity contribution in [1.82, 2.24) is 0 Å². The summed E-state index contributed by atoms with van der Waals surface area (Å²) < 4.78 is 74.5. The van der Waals surface area contributed by atoms with Gasteiger partial charge in [-0.1, -0.05) is 145 Å². The molecule has 0 spiro atoms. The van der Waals surface area contributed by atoms with Crippen LogP contribution in [0.5, 0.6) is 0 Å². The Morgan fingerprint density at radius 3 is 1.87 bits per heavy atom. The average molecular weight is 582 g/mol. The van der Waals surface area contributed by atoms with Gasteiger partial charge in [-0.05, 0) is 91.9 Å². The molecule has 0 aliphatic heterocycles. The number of hydrogen-bond donors (Lipinski definition) is 0. The van der Waals surface area contributed by atoms with Crippen molar-refractivity contribution in [2.75, 3.05) is 4.90 Å². The summed E-state index contributed by atoms with van der Waals surface area (Å²) in [6.45, 7) is 0. The van der Waals surface area contributed by atoms with Crippen molar-refractivity contribution in [1.29, 1.82) is 0 Å². The van der Waals surface area contributed by atoms with Crippen LogP contribution in [0.2, 0.25) is 0 Å². The summed E-state index contributed by atoms with van der Waals surface area (Å²) in [7, 11) is 0. The minimum absolute atomic E-state index is 0.120. The van der Waals surface area contributed by atoms with Gasteiger partial charge in [0.2, 0.25) is 0 Å². The Hall–Kier alpha value is -5.92. The van der Waals surface area contributed by atoms with E-state index in [1.165, 1.54) is 4.90 Å². The first kappa shape index (κ1) is 19.4. The summed E-state index contributed by atoms with van der Waals surface area (Å²) in [5.74, 6) is 0. The van der Waals surface area contributed by atoms with E-state index in [1.807, 2.05) is 115 Å². The van der Waals surface area contributed by atoms with Crippen molar-refractivity contribution < 1.29 is 11.0 Å². The van der Waals surface area contributed by atoms with E-state index in [9.17, 15) is 8.22 Å². The third-order valence-electron chi connectivity index (χ3n) is 7.97. The molecular formula is C44H31N. The molecule has 0 aromatic heterocycles. The quantitative estimate of drug-likeness (QED) is 0.189. The van der Waals surface area contributed by atoms with E-state index in [1.54, 1.807) is 24.3 Å². The lowest BCUT2D eigenvalue weighted by molar-refractivity contribution is 1.30. The van der Waals surface area contributed by atoms with Gasteiger partial charge in [-0.3, -0.25) is 0 Å². The summed E-state index contributed by atoms with van der Waals surface area (Å²) in [4.78, 5) is 1.42. The summed E-state index contributed by atoms with van der Waals surface area (Å²) in [5, 5.41) is 3.34. The molecule has 0 aliphatic rings. The Bertz CT molecular complexity index is 2690. The zero-order valence-electron chi connectivity index (χ0n) is 32.2. The van der Waals surface area contributed by atoms with Crippen LogP contribution in [0.3, 0.4) is 0 Å². The molecule has 0 aliphatic carbocycles. The predicted octanol–water partition coefficient (Wildman–Crippen LogP) is 12.5. The fourth-order valence-corrected chi connectivity index (χ4v) is 5.74. The standard InChI is InChI=1S/C44H31N/c1-2-11-32(12-3-1)37-17-8-18-38(29-37)34-25-27-41(28-26-34)45(44-22-10-16-35-14-6-7-21-43(35)44)42-20-9-19-39(31-42)40-24-23-33-13-4-5-15-36(33)30-40/h1-31H/i9D,19D,20D,25D,26D,27D,28D,31D. The molecule has 0 N–H and O–H groups in total. The van der Waals surface area contributed by atoms with Gasteiger partial charge in [-0.2, -0.15) is 0 Å². The lowest BCUT2D eigenvalue weighted by atomic mass is 9.98. The van der Waals surface area contributed by atoms with Crippen LogP contribution >= 0.6 is 0 Å². The molecule has 0 unspecified atom stereocenters. The van der Waals surface area contributed by atoms with Gasteiger partial charge in [0.1, 0.15) is 0 Å². The highest BCUT2D eigenvalue weighted by Crippen LogP contribution is 2.41. The molecule has 8 rings (SSSR count). The third kappa shape index (κ3) is 5.26. The van der Waals surface area contributed by atoms with Crippen molar-refractivity contribution in [3.8, 4) is 33.4 Å². The topological polar surface area (TPSA) is 3.24 Å². The van der Waals surface area contributed by atoms with E-state index >= 15 is 0 Å². The minimum Gasteiger partial charge on any atom is -0.310 e. The monoisotopic (exact) mass is 581 g/mol. The first-order valence-electron chi connectivity index (χ1n) is 18.8. The van der Waals surface area contributed by atoms with Gasteiger partial charge >= 0.3 is 0 Å². The number of benzene rings is 8. The van der Waals surface area contributed by atoms with Crippen LogP contribution < -0.4 is 4.90 Å². The molecular weight excluding hydrogens is 542 g/mol. The van der Waals surface area contributed by atoms with Crippen LogP contribution in [0.15, 0.2) is 188 Å². The second kappa shape index (κ2) is 11.6. The van der Waals surface area contributed by atoms with Gasteiger partial charge in [0.15, 0.2) is 0 Å². The van der Waals surface area contributed by atoms with E-state index in [2.05, 4.69) is 0 Å². The molecule has 0 saturated heterocycles. The predicted molar refractivity (Wildman–Crippen MR) is 192 cm³/mol. The summed E-state index contributed by atoms with van der Waals surface area (Å²) >= 11 is 0. The molecule has 0 atom stereocenters. The number of rotatable bonds is 6. The van der Waals surface area contributed by atoms with Gasteiger partial charge in [-0.25, -0.2) is 0 Å². The first-order chi connectivity index (χ1) is 25.7. The summed E-state index contributed by atoms with van der Waals surface area (Å²) in [6.07, 6.45) is 0. The van der Waals surface area contributed by atoms with Crippen molar-refractivity contribution in [2.45, 2.75) is 0 Å². The highest BCUT2D eigenvalue weighted by atomic mass is 15.1. The Kier molecular flexibility index (Phi) is 5.01. The van der Waals surface area contributed by atoms with E-state index < -0.39 is 12.1 Å². The third-order valence-corrected chi connectivity index (χ3v) is 7.97. The SMILES string of the molecule is [2H]c1c([2H])c(-c2ccc3ccccc3c2)c([2H])c(N(c2c([2H])c([2H])c(-c3cccc(-c4ccccc4)c3)c([2H])c2[2H])c2cccc3ccccc23)c1[2H]. The van der Waals surface area contributed by atoms with Crippen LogP contribution in [0.4, 0.5) is 17.1 Å². The van der Waals surface area contributed by atoms with Gasteiger partial charge < -0.3 is 4.90 Å². The van der Waals surface area contributed by atoms with E-state index in [-0.39, 0.29) is 58.8 Å². The normalized spacial score (nSPS) is 13.6. The molecule has 212 valence electrons. The highest BCUT2D eigenvalue weighted by molar-refractivity contribution is 5.99. The Morgan fingerprint density at radius 1 is 0.378 bits per heavy atom. The second-order valence-electron chi connectivity index (χ2n) is 10.8. The molecule has 1 nitrogen and oxygen atoms in total. The van der Waals surface area contributed by atoms with Crippen molar-refractivity contribution >= 4 is 38.6 Å². The van der Waals surface area contributed by atoms with Crippen LogP contribution in [0, 0.1) is 0 Å². The highest BCUT2D eigenvalue weighted by Gasteiger charge is 2.16. The molecule has 0 radical (unpaired) electrons. The molecule has 0 amide bonds. The fraction of sp³-hybridized carbons (Fsp3) is 0. The largest absolute Gasteiger partial charge is 0.310 e. The number of anilines is 3. The van der Waals surface area contributed by atoms with E-state index in [4.69, 9.17) is 2.74 Å². The zero-order valence-corrected chi connectivity index (χ0v) is 24.2. The smallest absolute Gasteiger partial charge is 0.0651 e. The lowest BCUT2D eigenvalue weighted by Gasteiger charge is -2.27. The van der Waals surface area contributed by atoms with Crippen LogP contribution in [0.25, 0.3) is 54.9 Å². The van der Waals surface area contributed by atoms with Crippen molar-refractivity contribution in [3.63, 3.8) is 0 Å². The van der Waals surface area contributed by atoms with Gasteiger partial charge in [-0.15, -0.1) is 0 Å². The lowest BCUT2D eigenvalue weighted by Crippen LogP contribution is -2.10. The fourth-order valence-electron chi connectivity index (χ4n) is 5.74. The van der Waals surface area contributed by atoms with Gasteiger partial charge in [0, 0.05) is 16.8 Å². The molecule has 8 aromatic carbocycles. The van der Waals surface area contributed by atoms with Crippen LogP contribution in [-0.2, 0) is 0 Å². The summed E-state index contributed by atoms with van der Waals surface area (Å²) in [5.41, 5.74) is 3.20. The maximum absolute atomic E-state index is 9.66. The summed E-state index contributed by atoms with van der Waals surface area (Å²) in [6, 6.07) is 40.5. The van der Waals surface area contributed by atoms with Gasteiger partial charge in [0.25, 0.3) is 0 Å². The van der Waals surface area contributed by atoms with Crippen molar-refractivity contribution in [2.24, 2.45) is 0 Å². The van der Waals surface area contributed by atoms with Crippen molar-refractivity contribution in [3.05, 3.63) is 188 Å². The molecule has 45 heavy (non-hydrogen) atoms. The van der Waals surface area contributed by atoms with Gasteiger partial charge in [0.05, 0.1) is 16.7 Å².